The van der Waals surface area contributed by atoms with Gasteiger partial charge in [-0.2, -0.15) is 0 Å². The van der Waals surface area contributed by atoms with Crippen LogP contribution in [0.5, 0.6) is 0 Å². The van der Waals surface area contributed by atoms with Gasteiger partial charge in [-0.05, 0) is 61.1 Å². The Labute approximate surface area is 192 Å². The summed E-state index contributed by atoms with van der Waals surface area (Å²) in [5.41, 5.74) is 2.76. The van der Waals surface area contributed by atoms with Crippen molar-refractivity contribution in [2.24, 2.45) is 0 Å². The smallest absolute Gasteiger partial charge is 0.399 e. The van der Waals surface area contributed by atoms with E-state index in [2.05, 4.69) is 107 Å². The number of hydrogen-bond donors (Lipinski definition) is 0. The van der Waals surface area contributed by atoms with E-state index >= 15 is 0 Å². The molecule has 1 aliphatic heterocycles. The van der Waals surface area contributed by atoms with Crippen molar-refractivity contribution in [1.82, 2.24) is 0 Å². The van der Waals surface area contributed by atoms with Crippen LogP contribution in [0.1, 0.15) is 27.7 Å². The lowest BCUT2D eigenvalue weighted by molar-refractivity contribution is 0.00578. The van der Waals surface area contributed by atoms with E-state index in [1.165, 1.54) is 42.1 Å². The van der Waals surface area contributed by atoms with Crippen LogP contribution in [0.4, 0.5) is 0 Å². The minimum Gasteiger partial charge on any atom is -0.399 e. The van der Waals surface area contributed by atoms with Gasteiger partial charge in [0.25, 0.3) is 0 Å². The molecule has 0 atom stereocenters. The van der Waals surface area contributed by atoms with Gasteiger partial charge in [-0.1, -0.05) is 72.8 Å². The zero-order chi connectivity index (χ0) is 22.1. The van der Waals surface area contributed by atoms with Crippen LogP contribution < -0.4 is 5.46 Å². The van der Waals surface area contributed by atoms with Crippen molar-refractivity contribution in [3.05, 3.63) is 78.9 Å². The molecule has 6 rings (SSSR count). The first kappa shape index (κ1) is 20.0. The summed E-state index contributed by atoms with van der Waals surface area (Å²) >= 11 is 1.87. The van der Waals surface area contributed by atoms with E-state index < -0.39 is 0 Å². The zero-order valence-corrected chi connectivity index (χ0v) is 19.6. The first-order valence-corrected chi connectivity index (χ1v) is 12.0. The number of fused-ring (bicyclic) bond motifs is 5. The second-order valence-electron chi connectivity index (χ2n) is 9.62. The van der Waals surface area contributed by atoms with Gasteiger partial charge in [0.1, 0.15) is 0 Å². The van der Waals surface area contributed by atoms with Crippen molar-refractivity contribution in [3.63, 3.8) is 0 Å². The zero-order valence-electron chi connectivity index (χ0n) is 18.8. The van der Waals surface area contributed by atoms with Crippen LogP contribution in [0.3, 0.4) is 0 Å². The lowest BCUT2D eigenvalue weighted by Crippen LogP contribution is -2.41. The molecule has 2 heterocycles. The van der Waals surface area contributed by atoms with Crippen LogP contribution in [-0.4, -0.2) is 18.3 Å². The minimum atomic E-state index is -0.387. The molecule has 0 saturated carbocycles. The summed E-state index contributed by atoms with van der Waals surface area (Å²) in [7, 11) is -0.387. The molecule has 0 N–H and O–H groups in total. The maximum absolute atomic E-state index is 6.42. The van der Waals surface area contributed by atoms with E-state index in [4.69, 9.17) is 9.31 Å². The van der Waals surface area contributed by atoms with E-state index in [1.807, 2.05) is 11.3 Å². The van der Waals surface area contributed by atoms with E-state index in [9.17, 15) is 0 Å². The van der Waals surface area contributed by atoms with E-state index in [1.54, 1.807) is 0 Å². The third-order valence-electron chi connectivity index (χ3n) is 7.15. The minimum absolute atomic E-state index is 0.368. The highest BCUT2D eigenvalue weighted by Crippen LogP contribution is 2.43. The Morgan fingerprint density at radius 3 is 2.12 bits per heavy atom. The van der Waals surface area contributed by atoms with Crippen LogP contribution >= 0.6 is 11.3 Å². The van der Waals surface area contributed by atoms with E-state index in [0.29, 0.717) is 0 Å². The molecule has 1 fully saturated rings. The van der Waals surface area contributed by atoms with Crippen molar-refractivity contribution < 1.29 is 9.31 Å². The molecule has 4 aromatic carbocycles. The summed E-state index contributed by atoms with van der Waals surface area (Å²) in [6.07, 6.45) is 0. The second-order valence-corrected chi connectivity index (χ2v) is 10.7. The highest BCUT2D eigenvalue weighted by molar-refractivity contribution is 7.26. The molecule has 1 saturated heterocycles. The van der Waals surface area contributed by atoms with E-state index in [0.717, 1.165) is 5.46 Å². The molecule has 4 heteroatoms. The Kier molecular flexibility index (Phi) is 4.32. The average Bonchev–Trinajstić information content (AvgIpc) is 3.27. The highest BCUT2D eigenvalue weighted by Gasteiger charge is 2.52. The topological polar surface area (TPSA) is 18.5 Å². The molecule has 0 radical (unpaired) electrons. The van der Waals surface area contributed by atoms with Gasteiger partial charge in [0, 0.05) is 20.2 Å². The molecule has 0 aliphatic carbocycles. The summed E-state index contributed by atoms with van der Waals surface area (Å²) in [5.74, 6) is 0. The fraction of sp³-hybridized carbons (Fsp3) is 0.214. The fourth-order valence-electron chi connectivity index (χ4n) is 4.70. The quantitative estimate of drug-likeness (QED) is 0.273. The molecule has 2 nitrogen and oxygen atoms in total. The van der Waals surface area contributed by atoms with Gasteiger partial charge in [-0.25, -0.2) is 0 Å². The standard InChI is InChI=1S/C28H25BO2S/c1-27(2)28(3,4)31-29(30-27)23-15-8-7-12-20(23)21-13-9-14-22-25-19-11-6-5-10-18(19)16-17-24(25)32-26(21)22/h5-17H,1-4H3. The van der Waals surface area contributed by atoms with Crippen LogP contribution in [0, 0.1) is 0 Å². The first-order valence-electron chi connectivity index (χ1n) is 11.1. The number of rotatable bonds is 2. The molecule has 158 valence electrons. The van der Waals surface area contributed by atoms with Gasteiger partial charge >= 0.3 is 7.12 Å². The van der Waals surface area contributed by atoms with Crippen LogP contribution in [0.2, 0.25) is 0 Å². The molecule has 32 heavy (non-hydrogen) atoms. The largest absolute Gasteiger partial charge is 0.495 e. The summed E-state index contributed by atoms with van der Waals surface area (Å²) < 4.78 is 15.5. The second kappa shape index (κ2) is 6.92. The molecule has 0 amide bonds. The predicted octanol–water partition coefficient (Wildman–Crippen LogP) is 7.17. The molecule has 0 unspecified atom stereocenters. The Morgan fingerprint density at radius 2 is 1.31 bits per heavy atom. The summed E-state index contributed by atoms with van der Waals surface area (Å²) in [6, 6.07) is 28.3. The highest BCUT2D eigenvalue weighted by atomic mass is 32.1. The average molecular weight is 436 g/mol. The summed E-state index contributed by atoms with van der Waals surface area (Å²) in [6.45, 7) is 8.42. The molecule has 5 aromatic rings. The third kappa shape index (κ3) is 2.87. The van der Waals surface area contributed by atoms with Crippen LogP contribution in [0.25, 0.3) is 42.1 Å². The lowest BCUT2D eigenvalue weighted by Gasteiger charge is -2.32. The molecule has 1 aliphatic rings. The molecular formula is C28H25BO2S. The van der Waals surface area contributed by atoms with Crippen molar-refractivity contribution in [2.45, 2.75) is 38.9 Å². The molecule has 0 bridgehead atoms. The van der Waals surface area contributed by atoms with Crippen molar-refractivity contribution in [2.75, 3.05) is 0 Å². The predicted molar refractivity (Wildman–Crippen MR) is 138 cm³/mol. The monoisotopic (exact) mass is 436 g/mol. The summed E-state index contributed by atoms with van der Waals surface area (Å²) in [4.78, 5) is 0. The van der Waals surface area contributed by atoms with Crippen molar-refractivity contribution >= 4 is 54.9 Å². The Morgan fingerprint density at radius 1 is 0.656 bits per heavy atom. The SMILES string of the molecule is CC1(C)OB(c2ccccc2-c2cccc3c2sc2ccc4ccccc4c23)OC1(C)C. The van der Waals surface area contributed by atoms with E-state index in [-0.39, 0.29) is 18.3 Å². The van der Waals surface area contributed by atoms with Gasteiger partial charge in [-0.15, -0.1) is 11.3 Å². The van der Waals surface area contributed by atoms with Gasteiger partial charge in [0.05, 0.1) is 11.2 Å². The lowest BCUT2D eigenvalue weighted by atomic mass is 9.74. The number of benzene rings is 4. The number of thiophene rings is 1. The molecule has 0 spiro atoms. The Bertz CT molecular complexity index is 1480. The maximum atomic E-state index is 6.42. The normalized spacial score (nSPS) is 17.6. The number of hydrogen-bond acceptors (Lipinski definition) is 3. The summed E-state index contributed by atoms with van der Waals surface area (Å²) in [5, 5.41) is 5.25. The maximum Gasteiger partial charge on any atom is 0.495 e. The molecule has 1 aromatic heterocycles. The van der Waals surface area contributed by atoms with Crippen LogP contribution in [0.15, 0.2) is 78.9 Å². The fourth-order valence-corrected chi connectivity index (χ4v) is 5.94. The Balaban J connectivity index is 1.59. The third-order valence-corrected chi connectivity index (χ3v) is 8.35. The Hall–Kier alpha value is -2.66. The van der Waals surface area contributed by atoms with Crippen molar-refractivity contribution in [1.29, 1.82) is 0 Å². The van der Waals surface area contributed by atoms with Gasteiger partial charge in [-0.3, -0.25) is 0 Å². The van der Waals surface area contributed by atoms with Gasteiger partial charge in [0.15, 0.2) is 0 Å². The van der Waals surface area contributed by atoms with Gasteiger partial charge < -0.3 is 9.31 Å². The molecular weight excluding hydrogens is 411 g/mol. The van der Waals surface area contributed by atoms with Crippen LogP contribution in [-0.2, 0) is 9.31 Å². The van der Waals surface area contributed by atoms with Crippen molar-refractivity contribution in [3.8, 4) is 11.1 Å². The van der Waals surface area contributed by atoms with Gasteiger partial charge in [0.2, 0.25) is 0 Å². The first-order chi connectivity index (χ1) is 15.4.